The van der Waals surface area contributed by atoms with Gasteiger partial charge in [0.05, 0.1) is 12.7 Å². The highest BCUT2D eigenvalue weighted by Crippen LogP contribution is 2.33. The Morgan fingerprint density at radius 2 is 1.83 bits per heavy atom. The number of hydrogen-bond donors (Lipinski definition) is 2. The van der Waals surface area contributed by atoms with Crippen molar-refractivity contribution < 1.29 is 8.78 Å². The van der Waals surface area contributed by atoms with E-state index < -0.39 is 0 Å². The van der Waals surface area contributed by atoms with Crippen LogP contribution in [0.15, 0.2) is 73.3 Å². The smallest absolute Gasteiger partial charge is 0.137 e. The van der Waals surface area contributed by atoms with Crippen molar-refractivity contribution in [3.05, 3.63) is 96.1 Å². The lowest BCUT2D eigenvalue weighted by atomic mass is 9.89. The number of benzene rings is 2. The van der Waals surface area contributed by atoms with Gasteiger partial charge in [0.15, 0.2) is 0 Å². The van der Waals surface area contributed by atoms with Gasteiger partial charge in [-0.2, -0.15) is 5.10 Å². The summed E-state index contributed by atoms with van der Waals surface area (Å²) in [5.41, 5.74) is 5.97. The van der Waals surface area contributed by atoms with Crippen LogP contribution >= 0.6 is 0 Å². The van der Waals surface area contributed by atoms with Crippen molar-refractivity contribution in [2.75, 3.05) is 13.1 Å². The van der Waals surface area contributed by atoms with Gasteiger partial charge in [0.1, 0.15) is 17.3 Å². The van der Waals surface area contributed by atoms with Gasteiger partial charge in [0, 0.05) is 40.7 Å². The fraction of sp³-hybridized carbons (Fsp3) is 0.214. The quantitative estimate of drug-likeness (QED) is 0.338. The van der Waals surface area contributed by atoms with Crippen molar-refractivity contribution in [1.29, 1.82) is 0 Å². The molecule has 2 aromatic carbocycles. The molecule has 0 saturated carbocycles. The summed E-state index contributed by atoms with van der Waals surface area (Å²) in [5.74, 6) is -0.140. The van der Waals surface area contributed by atoms with Crippen LogP contribution in [-0.4, -0.2) is 32.8 Å². The monoisotopic (exact) mass is 469 g/mol. The summed E-state index contributed by atoms with van der Waals surface area (Å²) in [7, 11) is 0. The molecule has 176 valence electrons. The van der Waals surface area contributed by atoms with E-state index in [1.54, 1.807) is 29.2 Å². The first-order valence-electron chi connectivity index (χ1n) is 11.9. The Morgan fingerprint density at radius 1 is 0.943 bits per heavy atom. The standard InChI is InChI=1S/C28H25F2N5/c29-23-3-1-2-18(10-23)16-35-17-22(14-34-35)26-15-33-28-25(26)11-21(13-32-28)20-4-5-24(27(30)12-20)19-6-8-31-9-7-19/h1-5,10-15,17,19,31H,6-9,16H2,(H,32,33). The molecule has 1 aliphatic rings. The average Bonchev–Trinajstić information content (AvgIpc) is 3.51. The molecule has 0 aliphatic carbocycles. The van der Waals surface area contributed by atoms with E-state index in [4.69, 9.17) is 0 Å². The molecule has 5 aromatic rings. The Labute approximate surface area is 201 Å². The van der Waals surface area contributed by atoms with Crippen LogP contribution in [0.5, 0.6) is 0 Å². The zero-order valence-corrected chi connectivity index (χ0v) is 19.1. The van der Waals surface area contributed by atoms with Crippen molar-refractivity contribution in [3.63, 3.8) is 0 Å². The van der Waals surface area contributed by atoms with E-state index in [0.29, 0.717) is 6.54 Å². The van der Waals surface area contributed by atoms with E-state index >= 15 is 4.39 Å². The molecule has 1 fully saturated rings. The average molecular weight is 470 g/mol. The largest absolute Gasteiger partial charge is 0.346 e. The summed E-state index contributed by atoms with van der Waals surface area (Å²) in [6.07, 6.45) is 9.34. The Morgan fingerprint density at radius 3 is 2.66 bits per heavy atom. The fourth-order valence-electron chi connectivity index (χ4n) is 4.98. The topological polar surface area (TPSA) is 58.5 Å². The number of aromatic amines is 1. The van der Waals surface area contributed by atoms with Crippen LogP contribution in [0, 0.1) is 11.6 Å². The lowest BCUT2D eigenvalue weighted by Gasteiger charge is -2.23. The molecule has 0 amide bonds. The van der Waals surface area contributed by atoms with Crippen LogP contribution in [0.4, 0.5) is 8.78 Å². The van der Waals surface area contributed by atoms with Crippen molar-refractivity contribution >= 4 is 11.0 Å². The highest BCUT2D eigenvalue weighted by Gasteiger charge is 2.19. The lowest BCUT2D eigenvalue weighted by Crippen LogP contribution is -2.27. The molecule has 0 bridgehead atoms. The SMILES string of the molecule is Fc1cccc(Cn2cc(-c3c[nH]c4ncc(-c5ccc(C6CCNCC6)c(F)c5)cc34)cn2)c1. The lowest BCUT2D eigenvalue weighted by molar-refractivity contribution is 0.445. The first-order valence-corrected chi connectivity index (χ1v) is 11.9. The van der Waals surface area contributed by atoms with Gasteiger partial charge in [-0.05, 0) is 72.8 Å². The summed E-state index contributed by atoms with van der Waals surface area (Å²) < 4.78 is 30.4. The summed E-state index contributed by atoms with van der Waals surface area (Å²) in [5, 5.41) is 8.73. The molecular weight excluding hydrogens is 444 g/mol. The number of halogens is 2. The zero-order chi connectivity index (χ0) is 23.8. The third-order valence-corrected chi connectivity index (χ3v) is 6.82. The molecule has 5 nitrogen and oxygen atoms in total. The third kappa shape index (κ3) is 4.35. The maximum atomic E-state index is 15.0. The molecule has 35 heavy (non-hydrogen) atoms. The Bertz CT molecular complexity index is 1500. The van der Waals surface area contributed by atoms with E-state index in [1.165, 1.54) is 12.1 Å². The second-order valence-corrected chi connectivity index (χ2v) is 9.14. The number of pyridine rings is 1. The maximum Gasteiger partial charge on any atom is 0.137 e. The minimum Gasteiger partial charge on any atom is -0.346 e. The van der Waals surface area contributed by atoms with E-state index in [0.717, 1.165) is 70.3 Å². The maximum absolute atomic E-state index is 15.0. The zero-order valence-electron chi connectivity index (χ0n) is 19.1. The van der Waals surface area contributed by atoms with Gasteiger partial charge in [-0.3, -0.25) is 4.68 Å². The van der Waals surface area contributed by atoms with Crippen molar-refractivity contribution in [3.8, 4) is 22.3 Å². The van der Waals surface area contributed by atoms with Gasteiger partial charge in [-0.25, -0.2) is 13.8 Å². The van der Waals surface area contributed by atoms with Gasteiger partial charge in [0.25, 0.3) is 0 Å². The van der Waals surface area contributed by atoms with E-state index in [-0.39, 0.29) is 17.6 Å². The number of H-pyrrole nitrogens is 1. The van der Waals surface area contributed by atoms with Crippen molar-refractivity contribution in [2.45, 2.75) is 25.3 Å². The molecule has 1 aliphatic heterocycles. The number of fused-ring (bicyclic) bond motifs is 1. The number of nitrogens with zero attached hydrogens (tertiary/aromatic N) is 3. The van der Waals surface area contributed by atoms with Gasteiger partial charge in [-0.15, -0.1) is 0 Å². The predicted octanol–water partition coefficient (Wildman–Crippen LogP) is 5.89. The van der Waals surface area contributed by atoms with Gasteiger partial charge in [0.2, 0.25) is 0 Å². The molecule has 6 rings (SSSR count). The van der Waals surface area contributed by atoms with Crippen LogP contribution in [0.1, 0.15) is 29.9 Å². The second kappa shape index (κ2) is 9.07. The van der Waals surface area contributed by atoms with Crippen LogP contribution in [-0.2, 0) is 6.54 Å². The van der Waals surface area contributed by atoms with Crippen LogP contribution in [0.3, 0.4) is 0 Å². The molecule has 7 heteroatoms. The summed E-state index contributed by atoms with van der Waals surface area (Å²) in [6.45, 7) is 2.34. The van der Waals surface area contributed by atoms with Crippen LogP contribution in [0.25, 0.3) is 33.3 Å². The summed E-state index contributed by atoms with van der Waals surface area (Å²) in [6, 6.07) is 14.1. The van der Waals surface area contributed by atoms with E-state index in [1.807, 2.05) is 36.7 Å². The molecular formula is C28H25F2N5. The third-order valence-electron chi connectivity index (χ3n) is 6.82. The molecule has 0 unspecified atom stereocenters. The van der Waals surface area contributed by atoms with Crippen LogP contribution in [0.2, 0.25) is 0 Å². The molecule has 2 N–H and O–H groups in total. The van der Waals surface area contributed by atoms with Crippen molar-refractivity contribution in [2.24, 2.45) is 0 Å². The van der Waals surface area contributed by atoms with Crippen molar-refractivity contribution in [1.82, 2.24) is 25.1 Å². The number of piperidine rings is 1. The van der Waals surface area contributed by atoms with Gasteiger partial charge in [-0.1, -0.05) is 24.3 Å². The molecule has 0 radical (unpaired) electrons. The number of aromatic nitrogens is 4. The normalized spacial score (nSPS) is 14.6. The second-order valence-electron chi connectivity index (χ2n) is 9.14. The summed E-state index contributed by atoms with van der Waals surface area (Å²) >= 11 is 0. The number of rotatable bonds is 5. The van der Waals surface area contributed by atoms with E-state index in [2.05, 4.69) is 20.4 Å². The Hall–Kier alpha value is -3.84. The fourth-order valence-corrected chi connectivity index (χ4v) is 4.98. The highest BCUT2D eigenvalue weighted by atomic mass is 19.1. The van der Waals surface area contributed by atoms with Crippen LogP contribution < -0.4 is 5.32 Å². The molecule has 0 spiro atoms. The first kappa shape index (κ1) is 21.7. The Balaban J connectivity index is 1.29. The van der Waals surface area contributed by atoms with Gasteiger partial charge < -0.3 is 10.3 Å². The first-order chi connectivity index (χ1) is 17.1. The highest BCUT2D eigenvalue weighted by molar-refractivity contribution is 5.95. The number of nitrogens with one attached hydrogen (secondary N) is 2. The minimum absolute atomic E-state index is 0.151. The van der Waals surface area contributed by atoms with Gasteiger partial charge >= 0.3 is 0 Å². The molecule has 3 aromatic heterocycles. The number of hydrogen-bond acceptors (Lipinski definition) is 3. The molecule has 4 heterocycles. The summed E-state index contributed by atoms with van der Waals surface area (Å²) in [4.78, 5) is 7.79. The molecule has 1 saturated heterocycles. The molecule has 0 atom stereocenters. The Kier molecular flexibility index (Phi) is 5.62. The predicted molar refractivity (Wildman–Crippen MR) is 133 cm³/mol. The minimum atomic E-state index is -0.259. The van der Waals surface area contributed by atoms with E-state index in [9.17, 15) is 4.39 Å².